The highest BCUT2D eigenvalue weighted by Gasteiger charge is 2.28. The first-order valence-corrected chi connectivity index (χ1v) is 9.83. The Hall–Kier alpha value is -0.570. The number of nitrogens with one attached hydrogen (secondary N) is 1. The lowest BCUT2D eigenvalue weighted by Crippen LogP contribution is -2.30. The van der Waals surface area contributed by atoms with Crippen LogP contribution in [0, 0.1) is 13.8 Å². The molecule has 1 heterocycles. The topological polar surface area (TPSA) is 67.2 Å². The van der Waals surface area contributed by atoms with Crippen LogP contribution in [0.5, 0.6) is 0 Å². The van der Waals surface area contributed by atoms with E-state index in [2.05, 4.69) is 10.4 Å². The number of hydrogen-bond donors (Lipinski definition) is 1. The van der Waals surface area contributed by atoms with Crippen molar-refractivity contribution < 1.29 is 8.42 Å². The lowest BCUT2D eigenvalue weighted by molar-refractivity contribution is 0.487. The van der Waals surface area contributed by atoms with E-state index in [0.29, 0.717) is 17.1 Å². The molecule has 8 heteroatoms. The average Bonchev–Trinajstić information content (AvgIpc) is 2.71. The summed E-state index contributed by atoms with van der Waals surface area (Å²) in [5.41, 5.74) is 1.30. The van der Waals surface area contributed by atoms with Gasteiger partial charge in [0.05, 0.1) is 11.4 Å². The first kappa shape index (κ1) is 18.5. The smallest absolute Gasteiger partial charge is 0.246 e. The highest BCUT2D eigenvalue weighted by molar-refractivity contribution is 7.98. The summed E-state index contributed by atoms with van der Waals surface area (Å²) in [6.45, 7) is 5.70. The van der Waals surface area contributed by atoms with Crippen molar-refractivity contribution in [2.75, 3.05) is 39.2 Å². The maximum atomic E-state index is 12.7. The van der Waals surface area contributed by atoms with E-state index in [4.69, 9.17) is 0 Å². The van der Waals surface area contributed by atoms with E-state index in [0.717, 1.165) is 31.0 Å². The van der Waals surface area contributed by atoms with Gasteiger partial charge in [-0.2, -0.15) is 21.2 Å². The Balaban J connectivity index is 3.01. The summed E-state index contributed by atoms with van der Waals surface area (Å²) in [6, 6.07) is 0. The summed E-state index contributed by atoms with van der Waals surface area (Å²) < 4.78 is 28.6. The minimum absolute atomic E-state index is 0.357. The van der Waals surface area contributed by atoms with Gasteiger partial charge in [0.1, 0.15) is 4.90 Å². The van der Waals surface area contributed by atoms with Crippen molar-refractivity contribution in [3.05, 3.63) is 11.4 Å². The van der Waals surface area contributed by atoms with Crippen LogP contribution in [-0.4, -0.2) is 61.7 Å². The summed E-state index contributed by atoms with van der Waals surface area (Å²) in [6.07, 6.45) is 2.89. The Bertz CT molecular complexity index is 555. The number of sulfonamides is 1. The molecule has 21 heavy (non-hydrogen) atoms. The highest BCUT2D eigenvalue weighted by atomic mass is 32.2. The molecule has 0 saturated heterocycles. The number of rotatable bonds is 9. The van der Waals surface area contributed by atoms with Crippen molar-refractivity contribution in [1.82, 2.24) is 19.4 Å². The summed E-state index contributed by atoms with van der Waals surface area (Å²) in [5, 5.41) is 7.47. The zero-order valence-corrected chi connectivity index (χ0v) is 15.1. The maximum absolute atomic E-state index is 12.7. The Morgan fingerprint density at radius 3 is 2.62 bits per heavy atom. The second-order valence-electron chi connectivity index (χ2n) is 5.00. The van der Waals surface area contributed by atoms with Crippen LogP contribution in [0.2, 0.25) is 0 Å². The van der Waals surface area contributed by atoms with Gasteiger partial charge in [-0.3, -0.25) is 4.68 Å². The van der Waals surface area contributed by atoms with Crippen LogP contribution in [-0.2, 0) is 16.6 Å². The number of aromatic nitrogens is 2. The Labute approximate surface area is 132 Å². The van der Waals surface area contributed by atoms with Gasteiger partial charge in [-0.25, -0.2) is 8.42 Å². The van der Waals surface area contributed by atoms with Gasteiger partial charge >= 0.3 is 0 Å². The predicted octanol–water partition coefficient (Wildman–Crippen LogP) is 1.09. The van der Waals surface area contributed by atoms with Gasteiger partial charge in [-0.1, -0.05) is 0 Å². The predicted molar refractivity (Wildman–Crippen MR) is 88.4 cm³/mol. The number of aryl methyl sites for hydroxylation is 2. The molecule has 0 unspecified atom stereocenters. The van der Waals surface area contributed by atoms with Gasteiger partial charge in [-0.05, 0) is 40.1 Å². The Morgan fingerprint density at radius 2 is 2.05 bits per heavy atom. The third kappa shape index (κ3) is 4.45. The minimum Gasteiger partial charge on any atom is -0.320 e. The van der Waals surface area contributed by atoms with Crippen LogP contribution in [0.15, 0.2) is 4.90 Å². The van der Waals surface area contributed by atoms with Crippen molar-refractivity contribution in [1.29, 1.82) is 0 Å². The molecule has 122 valence electrons. The van der Waals surface area contributed by atoms with E-state index in [9.17, 15) is 8.42 Å². The number of nitrogens with zero attached hydrogens (tertiary/aromatic N) is 3. The third-order valence-corrected chi connectivity index (χ3v) is 6.09. The minimum atomic E-state index is -3.46. The molecule has 0 fully saturated rings. The van der Waals surface area contributed by atoms with Gasteiger partial charge in [0.25, 0.3) is 0 Å². The molecule has 0 radical (unpaired) electrons. The summed E-state index contributed by atoms with van der Waals surface area (Å²) in [5.74, 6) is 0.782. The van der Waals surface area contributed by atoms with E-state index in [1.807, 2.05) is 20.2 Å². The summed E-state index contributed by atoms with van der Waals surface area (Å²) >= 11 is 1.63. The standard InChI is InChI=1S/C13H26N4O2S2/c1-11-13(21(18,19)16(4)9-10-20-5)12(2)17(15-11)8-6-7-14-3/h14H,6-10H2,1-5H3. The SMILES string of the molecule is CNCCCn1nc(C)c(S(=O)(=O)N(C)CCSC)c1C. The first-order valence-electron chi connectivity index (χ1n) is 7.00. The lowest BCUT2D eigenvalue weighted by atomic mass is 10.4. The van der Waals surface area contributed by atoms with E-state index in [-0.39, 0.29) is 0 Å². The fourth-order valence-electron chi connectivity index (χ4n) is 2.17. The molecule has 0 aliphatic rings. The highest BCUT2D eigenvalue weighted by Crippen LogP contribution is 2.23. The number of hydrogen-bond acceptors (Lipinski definition) is 5. The zero-order chi connectivity index (χ0) is 16.0. The van der Waals surface area contributed by atoms with Crippen LogP contribution in [0.25, 0.3) is 0 Å². The van der Waals surface area contributed by atoms with E-state index in [1.54, 1.807) is 30.4 Å². The van der Waals surface area contributed by atoms with Gasteiger partial charge in [-0.15, -0.1) is 0 Å². The normalized spacial score (nSPS) is 12.3. The third-order valence-electron chi connectivity index (χ3n) is 3.39. The van der Waals surface area contributed by atoms with Crippen molar-refractivity contribution in [2.24, 2.45) is 0 Å². The molecule has 1 N–H and O–H groups in total. The van der Waals surface area contributed by atoms with Gasteiger partial charge < -0.3 is 5.32 Å². The quantitative estimate of drug-likeness (QED) is 0.685. The number of thioether (sulfide) groups is 1. The lowest BCUT2D eigenvalue weighted by Gasteiger charge is -2.17. The van der Waals surface area contributed by atoms with E-state index in [1.165, 1.54) is 4.31 Å². The monoisotopic (exact) mass is 334 g/mol. The van der Waals surface area contributed by atoms with E-state index >= 15 is 0 Å². The molecule has 0 saturated carbocycles. The molecule has 0 aromatic carbocycles. The van der Waals surface area contributed by atoms with Crippen molar-refractivity contribution in [2.45, 2.75) is 31.7 Å². The van der Waals surface area contributed by atoms with Crippen LogP contribution >= 0.6 is 11.8 Å². The molecular formula is C13H26N4O2S2. The summed E-state index contributed by atoms with van der Waals surface area (Å²) in [7, 11) is 0.0670. The van der Waals surface area contributed by atoms with Crippen LogP contribution in [0.4, 0.5) is 0 Å². The van der Waals surface area contributed by atoms with Crippen LogP contribution < -0.4 is 5.32 Å². The summed E-state index contributed by atoms with van der Waals surface area (Å²) in [4.78, 5) is 0.357. The Kier molecular flexibility index (Phi) is 7.19. The molecule has 1 rings (SSSR count). The molecular weight excluding hydrogens is 308 g/mol. The molecule has 0 bridgehead atoms. The fraction of sp³-hybridized carbons (Fsp3) is 0.769. The fourth-order valence-corrected chi connectivity index (χ4v) is 4.28. The van der Waals surface area contributed by atoms with Crippen molar-refractivity contribution in [3.8, 4) is 0 Å². The largest absolute Gasteiger partial charge is 0.320 e. The maximum Gasteiger partial charge on any atom is 0.246 e. The molecule has 0 aliphatic heterocycles. The second kappa shape index (κ2) is 8.17. The van der Waals surface area contributed by atoms with Gasteiger partial charge in [0, 0.05) is 25.9 Å². The molecule has 1 aromatic heterocycles. The van der Waals surface area contributed by atoms with Crippen molar-refractivity contribution in [3.63, 3.8) is 0 Å². The molecule has 1 aromatic rings. The van der Waals surface area contributed by atoms with Crippen LogP contribution in [0.3, 0.4) is 0 Å². The molecule has 0 amide bonds. The van der Waals surface area contributed by atoms with Crippen molar-refractivity contribution >= 4 is 21.8 Å². The van der Waals surface area contributed by atoms with Gasteiger partial charge in [0.15, 0.2) is 0 Å². The average molecular weight is 335 g/mol. The molecule has 6 nitrogen and oxygen atoms in total. The second-order valence-corrected chi connectivity index (χ2v) is 7.97. The van der Waals surface area contributed by atoms with E-state index < -0.39 is 10.0 Å². The molecule has 0 atom stereocenters. The molecule has 0 aliphatic carbocycles. The first-order chi connectivity index (χ1) is 9.86. The molecule has 0 spiro atoms. The Morgan fingerprint density at radius 1 is 1.38 bits per heavy atom. The van der Waals surface area contributed by atoms with Crippen LogP contribution in [0.1, 0.15) is 17.8 Å². The van der Waals surface area contributed by atoms with Gasteiger partial charge in [0.2, 0.25) is 10.0 Å². The zero-order valence-electron chi connectivity index (χ0n) is 13.5.